The van der Waals surface area contributed by atoms with Crippen molar-refractivity contribution < 1.29 is 9.53 Å². The summed E-state index contributed by atoms with van der Waals surface area (Å²) in [7, 11) is 0. The van der Waals surface area contributed by atoms with Gasteiger partial charge in [0.2, 0.25) is 0 Å². The molecule has 1 unspecified atom stereocenters. The standard InChI is InChI=1S/C16H26N4O2S/c1-2-19-12-14(11-17-19)16(21)20(15-3-10-23-13-15)5-4-18-6-8-22-9-7-18/h11-12,15H,2-10,13H2,1H3. The molecule has 2 fully saturated rings. The van der Waals surface area contributed by atoms with Gasteiger partial charge in [-0.25, -0.2) is 0 Å². The van der Waals surface area contributed by atoms with Crippen molar-refractivity contribution in [3.05, 3.63) is 18.0 Å². The molecule has 2 saturated heterocycles. The maximum atomic E-state index is 13.0. The van der Waals surface area contributed by atoms with E-state index in [2.05, 4.69) is 14.9 Å². The van der Waals surface area contributed by atoms with Crippen LogP contribution in [0.5, 0.6) is 0 Å². The van der Waals surface area contributed by atoms with Gasteiger partial charge < -0.3 is 9.64 Å². The summed E-state index contributed by atoms with van der Waals surface area (Å²) in [6.45, 7) is 8.09. The second-order valence-corrected chi connectivity index (χ2v) is 7.20. The van der Waals surface area contributed by atoms with E-state index in [0.717, 1.165) is 63.9 Å². The molecule has 0 spiro atoms. The van der Waals surface area contributed by atoms with Crippen LogP contribution in [-0.2, 0) is 11.3 Å². The third-order valence-electron chi connectivity index (χ3n) is 4.57. The largest absolute Gasteiger partial charge is 0.379 e. The molecule has 0 bridgehead atoms. The molecule has 0 radical (unpaired) electrons. The number of carbonyl (C=O) groups excluding carboxylic acids is 1. The molecule has 0 aliphatic carbocycles. The summed E-state index contributed by atoms with van der Waals surface area (Å²) >= 11 is 1.95. The molecule has 0 saturated carbocycles. The van der Waals surface area contributed by atoms with E-state index in [1.54, 1.807) is 6.20 Å². The monoisotopic (exact) mass is 338 g/mol. The number of hydrogen-bond acceptors (Lipinski definition) is 5. The first-order valence-electron chi connectivity index (χ1n) is 8.49. The smallest absolute Gasteiger partial charge is 0.257 e. The van der Waals surface area contributed by atoms with Gasteiger partial charge >= 0.3 is 0 Å². The van der Waals surface area contributed by atoms with Crippen molar-refractivity contribution in [2.24, 2.45) is 0 Å². The number of nitrogens with zero attached hydrogens (tertiary/aromatic N) is 4. The highest BCUT2D eigenvalue weighted by Crippen LogP contribution is 2.24. The Balaban J connectivity index is 1.65. The minimum atomic E-state index is 0.130. The summed E-state index contributed by atoms with van der Waals surface area (Å²) in [5.41, 5.74) is 0.714. The van der Waals surface area contributed by atoms with Crippen LogP contribution in [0.4, 0.5) is 0 Å². The number of thioether (sulfide) groups is 1. The molecule has 1 amide bonds. The first-order chi connectivity index (χ1) is 11.3. The van der Waals surface area contributed by atoms with Crippen molar-refractivity contribution in [3.63, 3.8) is 0 Å². The average Bonchev–Trinajstić information content (AvgIpc) is 3.27. The van der Waals surface area contributed by atoms with E-state index in [9.17, 15) is 4.79 Å². The molecule has 3 rings (SSSR count). The van der Waals surface area contributed by atoms with E-state index < -0.39 is 0 Å². The summed E-state index contributed by atoms with van der Waals surface area (Å²) in [6.07, 6.45) is 4.67. The fourth-order valence-corrected chi connectivity index (χ4v) is 4.33. The Morgan fingerprint density at radius 3 is 2.96 bits per heavy atom. The van der Waals surface area contributed by atoms with Crippen LogP contribution in [0.3, 0.4) is 0 Å². The van der Waals surface area contributed by atoms with E-state index in [1.165, 1.54) is 0 Å². The van der Waals surface area contributed by atoms with Crippen LogP contribution in [0, 0.1) is 0 Å². The van der Waals surface area contributed by atoms with Gasteiger partial charge in [-0.05, 0) is 19.1 Å². The zero-order valence-electron chi connectivity index (χ0n) is 13.8. The summed E-state index contributed by atoms with van der Waals surface area (Å²) in [4.78, 5) is 17.4. The van der Waals surface area contributed by atoms with Crippen molar-refractivity contribution in [1.29, 1.82) is 0 Å². The number of aryl methyl sites for hydroxylation is 1. The van der Waals surface area contributed by atoms with Crippen LogP contribution in [0.1, 0.15) is 23.7 Å². The quantitative estimate of drug-likeness (QED) is 0.780. The zero-order chi connectivity index (χ0) is 16.1. The normalized spacial score (nSPS) is 22.4. The molecule has 1 aromatic rings. The first-order valence-corrected chi connectivity index (χ1v) is 9.64. The summed E-state index contributed by atoms with van der Waals surface area (Å²) in [5, 5.41) is 4.25. The molecular weight excluding hydrogens is 312 g/mol. The molecule has 128 valence electrons. The van der Waals surface area contributed by atoms with Gasteiger partial charge in [0.1, 0.15) is 0 Å². The van der Waals surface area contributed by atoms with Crippen LogP contribution in [0.2, 0.25) is 0 Å². The highest BCUT2D eigenvalue weighted by Gasteiger charge is 2.29. The molecule has 3 heterocycles. The van der Waals surface area contributed by atoms with E-state index in [4.69, 9.17) is 4.74 Å². The van der Waals surface area contributed by atoms with E-state index >= 15 is 0 Å². The lowest BCUT2D eigenvalue weighted by molar-refractivity contribution is 0.0303. The minimum Gasteiger partial charge on any atom is -0.379 e. The Kier molecular flexibility index (Phi) is 5.96. The Morgan fingerprint density at radius 2 is 2.30 bits per heavy atom. The lowest BCUT2D eigenvalue weighted by Gasteiger charge is -2.32. The fraction of sp³-hybridized carbons (Fsp3) is 0.750. The van der Waals surface area contributed by atoms with Gasteiger partial charge in [0.15, 0.2) is 0 Å². The zero-order valence-corrected chi connectivity index (χ0v) is 14.6. The van der Waals surface area contributed by atoms with Crippen LogP contribution in [0.25, 0.3) is 0 Å². The Labute approximate surface area is 142 Å². The Morgan fingerprint density at radius 1 is 1.48 bits per heavy atom. The highest BCUT2D eigenvalue weighted by atomic mass is 32.2. The van der Waals surface area contributed by atoms with Crippen LogP contribution in [0.15, 0.2) is 12.4 Å². The number of amides is 1. The van der Waals surface area contributed by atoms with Crippen LogP contribution < -0.4 is 0 Å². The highest BCUT2D eigenvalue weighted by molar-refractivity contribution is 7.99. The number of ether oxygens (including phenoxy) is 1. The lowest BCUT2D eigenvalue weighted by atomic mass is 10.2. The Bertz CT molecular complexity index is 510. The third kappa shape index (κ3) is 4.28. The summed E-state index contributed by atoms with van der Waals surface area (Å²) in [5.74, 6) is 2.34. The second-order valence-electron chi connectivity index (χ2n) is 6.05. The molecule has 0 N–H and O–H groups in total. The van der Waals surface area contributed by atoms with Gasteiger partial charge in [-0.3, -0.25) is 14.4 Å². The topological polar surface area (TPSA) is 50.6 Å². The van der Waals surface area contributed by atoms with Crippen molar-refractivity contribution >= 4 is 17.7 Å². The number of carbonyl (C=O) groups is 1. The number of aromatic nitrogens is 2. The van der Waals surface area contributed by atoms with Crippen molar-refractivity contribution in [1.82, 2.24) is 19.6 Å². The van der Waals surface area contributed by atoms with Gasteiger partial charge in [-0.2, -0.15) is 16.9 Å². The van der Waals surface area contributed by atoms with Gasteiger partial charge in [-0.15, -0.1) is 0 Å². The lowest BCUT2D eigenvalue weighted by Crippen LogP contribution is -2.47. The average molecular weight is 338 g/mol. The maximum Gasteiger partial charge on any atom is 0.257 e. The van der Waals surface area contributed by atoms with Gasteiger partial charge in [0, 0.05) is 50.7 Å². The van der Waals surface area contributed by atoms with Gasteiger partial charge in [-0.1, -0.05) is 0 Å². The molecule has 7 heteroatoms. The van der Waals surface area contributed by atoms with Crippen molar-refractivity contribution in [3.8, 4) is 0 Å². The number of hydrogen-bond donors (Lipinski definition) is 0. The van der Waals surface area contributed by atoms with E-state index in [1.807, 2.05) is 29.6 Å². The van der Waals surface area contributed by atoms with Crippen molar-refractivity contribution in [2.75, 3.05) is 50.9 Å². The molecule has 1 aromatic heterocycles. The van der Waals surface area contributed by atoms with Crippen LogP contribution in [-0.4, -0.2) is 82.4 Å². The van der Waals surface area contributed by atoms with Gasteiger partial charge in [0.25, 0.3) is 5.91 Å². The Hall–Kier alpha value is -1.05. The van der Waals surface area contributed by atoms with E-state index in [0.29, 0.717) is 11.6 Å². The first kappa shape index (κ1) is 16.8. The molecule has 2 aliphatic heterocycles. The SMILES string of the molecule is CCn1cc(C(=O)N(CCN2CCOCC2)C2CCSC2)cn1. The molecule has 6 nitrogen and oxygen atoms in total. The number of morpholine rings is 1. The molecule has 2 aliphatic rings. The van der Waals surface area contributed by atoms with Gasteiger partial charge in [0.05, 0.1) is 25.0 Å². The minimum absolute atomic E-state index is 0.130. The maximum absolute atomic E-state index is 13.0. The second kappa shape index (κ2) is 8.17. The molecular formula is C16H26N4O2S. The predicted octanol–water partition coefficient (Wildman–Crippen LogP) is 1.18. The van der Waals surface area contributed by atoms with E-state index in [-0.39, 0.29) is 5.91 Å². The molecule has 23 heavy (non-hydrogen) atoms. The fourth-order valence-electron chi connectivity index (χ4n) is 3.10. The summed E-state index contributed by atoms with van der Waals surface area (Å²) in [6, 6.07) is 0.360. The molecule has 1 atom stereocenters. The van der Waals surface area contributed by atoms with Crippen molar-refractivity contribution in [2.45, 2.75) is 25.9 Å². The summed E-state index contributed by atoms with van der Waals surface area (Å²) < 4.78 is 7.22. The number of rotatable bonds is 6. The predicted molar refractivity (Wildman–Crippen MR) is 91.9 cm³/mol. The molecule has 0 aromatic carbocycles. The third-order valence-corrected chi connectivity index (χ3v) is 5.72. The van der Waals surface area contributed by atoms with Crippen LogP contribution >= 0.6 is 11.8 Å².